The third kappa shape index (κ3) is 6.02. The van der Waals surface area contributed by atoms with Crippen molar-refractivity contribution < 1.29 is 4.74 Å². The molecule has 2 aromatic heterocycles. The van der Waals surface area contributed by atoms with Crippen LogP contribution in [0.2, 0.25) is 0 Å². The number of nitrogens with zero attached hydrogens (tertiary/aromatic N) is 3. The molecule has 0 saturated carbocycles. The molecule has 10 aromatic rings. The summed E-state index contributed by atoms with van der Waals surface area (Å²) in [5, 5.41) is 0. The highest BCUT2D eigenvalue weighted by Crippen LogP contribution is 2.64. The molecule has 0 amide bonds. The average Bonchev–Trinajstić information content (AvgIpc) is 3.65. The molecule has 8 aromatic carbocycles. The second-order valence-electron chi connectivity index (χ2n) is 16.8. The van der Waals surface area contributed by atoms with Crippen LogP contribution in [0.5, 0.6) is 11.5 Å². The van der Waals surface area contributed by atoms with Gasteiger partial charge in [0.1, 0.15) is 11.5 Å². The summed E-state index contributed by atoms with van der Waals surface area (Å²) in [7, 11) is 0. The summed E-state index contributed by atoms with van der Waals surface area (Å²) in [6.45, 7) is 4.06. The number of rotatable bonds is 6. The van der Waals surface area contributed by atoms with Gasteiger partial charge in [-0.3, -0.25) is 4.98 Å². The van der Waals surface area contributed by atoms with Gasteiger partial charge in [-0.25, -0.2) is 9.97 Å². The molecular weight excluding hydrogens is 779 g/mol. The second kappa shape index (κ2) is 15.0. The number of fused-ring (bicyclic) bond motifs is 9. The molecule has 0 radical (unpaired) electrons. The Labute approximate surface area is 373 Å². The first-order chi connectivity index (χ1) is 31.5. The molecule has 1 atom stereocenters. The van der Waals surface area contributed by atoms with Crippen LogP contribution in [0.15, 0.2) is 212 Å². The van der Waals surface area contributed by atoms with Gasteiger partial charge in [0, 0.05) is 39.8 Å². The van der Waals surface area contributed by atoms with E-state index < -0.39 is 5.41 Å². The first-order valence-corrected chi connectivity index (χ1v) is 21.8. The van der Waals surface area contributed by atoms with Gasteiger partial charge in [0.25, 0.3) is 0 Å². The van der Waals surface area contributed by atoms with Gasteiger partial charge in [-0.15, -0.1) is 0 Å². The summed E-state index contributed by atoms with van der Waals surface area (Å²) < 4.78 is 7.07. The average molecular weight is 820 g/mol. The van der Waals surface area contributed by atoms with Gasteiger partial charge in [-0.1, -0.05) is 170 Å². The molecule has 1 unspecified atom stereocenters. The van der Waals surface area contributed by atoms with E-state index in [4.69, 9.17) is 14.7 Å². The van der Waals surface area contributed by atoms with Crippen molar-refractivity contribution in [3.63, 3.8) is 0 Å². The predicted molar refractivity (Wildman–Crippen MR) is 259 cm³/mol. The van der Waals surface area contributed by atoms with E-state index in [0.717, 1.165) is 78.7 Å². The lowest BCUT2D eigenvalue weighted by molar-refractivity contribution is 0.437. The molecular formula is C60H41N3O. The van der Waals surface area contributed by atoms with E-state index in [0.29, 0.717) is 5.82 Å². The summed E-state index contributed by atoms with van der Waals surface area (Å²) in [5.41, 5.74) is 20.4. The number of hydrogen-bond acceptors (Lipinski definition) is 4. The van der Waals surface area contributed by atoms with Crippen LogP contribution in [0.3, 0.4) is 0 Å². The lowest BCUT2D eigenvalue weighted by atomic mass is 9.65. The van der Waals surface area contributed by atoms with Gasteiger partial charge >= 0.3 is 0 Å². The molecule has 1 aliphatic carbocycles. The van der Waals surface area contributed by atoms with Crippen molar-refractivity contribution in [1.29, 1.82) is 0 Å². The zero-order valence-corrected chi connectivity index (χ0v) is 35.5. The minimum absolute atomic E-state index is 0.633. The van der Waals surface area contributed by atoms with Gasteiger partial charge in [0.2, 0.25) is 0 Å². The Kier molecular flexibility index (Phi) is 8.80. The number of para-hydroxylation sites is 2. The molecule has 1 aliphatic heterocycles. The molecule has 0 bridgehead atoms. The lowest BCUT2D eigenvalue weighted by Gasteiger charge is -2.40. The minimum atomic E-state index is -0.671. The smallest absolute Gasteiger partial charge is 0.163 e. The van der Waals surface area contributed by atoms with Crippen molar-refractivity contribution in [3.8, 4) is 89.8 Å². The summed E-state index contributed by atoms with van der Waals surface area (Å²) in [5.74, 6) is 2.23. The molecule has 4 nitrogen and oxygen atoms in total. The second-order valence-corrected chi connectivity index (χ2v) is 16.8. The summed E-state index contributed by atoms with van der Waals surface area (Å²) in [6.07, 6.45) is 1.96. The molecule has 64 heavy (non-hydrogen) atoms. The maximum Gasteiger partial charge on any atom is 0.163 e. The van der Waals surface area contributed by atoms with Gasteiger partial charge in [0.15, 0.2) is 5.82 Å². The van der Waals surface area contributed by atoms with E-state index in [2.05, 4.69) is 205 Å². The molecule has 0 saturated heterocycles. The first-order valence-electron chi connectivity index (χ1n) is 21.8. The summed E-state index contributed by atoms with van der Waals surface area (Å²) in [6, 6.07) is 73.8. The number of benzene rings is 8. The van der Waals surface area contributed by atoms with Gasteiger partial charge in [-0.2, -0.15) is 0 Å². The highest BCUT2D eigenvalue weighted by atomic mass is 16.5. The Morgan fingerprint density at radius 2 is 0.938 bits per heavy atom. The zero-order valence-electron chi connectivity index (χ0n) is 35.5. The van der Waals surface area contributed by atoms with E-state index in [-0.39, 0.29) is 0 Å². The molecule has 302 valence electrons. The fraction of sp³-hybridized carbons (Fsp3) is 0.0500. The summed E-state index contributed by atoms with van der Waals surface area (Å²) in [4.78, 5) is 14.9. The van der Waals surface area contributed by atoms with Gasteiger partial charge < -0.3 is 4.74 Å². The number of aromatic nitrogens is 3. The zero-order chi connectivity index (χ0) is 42.8. The number of ether oxygens (including phenoxy) is 1. The van der Waals surface area contributed by atoms with Crippen LogP contribution in [0, 0.1) is 13.8 Å². The van der Waals surface area contributed by atoms with E-state index in [1.165, 1.54) is 38.9 Å². The van der Waals surface area contributed by atoms with E-state index in [1.54, 1.807) is 0 Å². The maximum atomic E-state index is 7.07. The number of hydrogen-bond donors (Lipinski definition) is 0. The van der Waals surface area contributed by atoms with Crippen molar-refractivity contribution in [2.75, 3.05) is 0 Å². The van der Waals surface area contributed by atoms with Crippen LogP contribution in [-0.2, 0) is 5.41 Å². The topological polar surface area (TPSA) is 47.9 Å². The van der Waals surface area contributed by atoms with Crippen LogP contribution in [0.1, 0.15) is 33.6 Å². The Morgan fingerprint density at radius 3 is 1.72 bits per heavy atom. The third-order valence-corrected chi connectivity index (χ3v) is 13.0. The van der Waals surface area contributed by atoms with Crippen molar-refractivity contribution in [3.05, 3.63) is 246 Å². The molecule has 2 aliphatic rings. The fourth-order valence-corrected chi connectivity index (χ4v) is 10.1. The molecule has 3 heterocycles. The molecule has 12 rings (SSSR count). The highest BCUT2D eigenvalue weighted by Gasteiger charge is 2.52. The highest BCUT2D eigenvalue weighted by molar-refractivity contribution is 5.97. The van der Waals surface area contributed by atoms with Crippen LogP contribution >= 0.6 is 0 Å². The largest absolute Gasteiger partial charge is 0.456 e. The predicted octanol–water partition coefficient (Wildman–Crippen LogP) is 15.0. The van der Waals surface area contributed by atoms with Crippen molar-refractivity contribution >= 4 is 0 Å². The number of aryl methyl sites for hydroxylation is 2. The van der Waals surface area contributed by atoms with E-state index >= 15 is 0 Å². The normalized spacial score (nSPS) is 14.3. The SMILES string of the molecule is Cc1ccc(-c2cccc(-c3cccc(-c4cccc5c4-c4ccccc4C54c5ccccc5Oc5c(-c6nc(C)cc(-c7ccc(-c8ccccc8)cc7)n6)cccc54)c3)c2)cn1. The fourth-order valence-electron chi connectivity index (χ4n) is 10.1. The van der Waals surface area contributed by atoms with Gasteiger partial charge in [0.05, 0.1) is 16.7 Å². The Morgan fingerprint density at radius 1 is 0.375 bits per heavy atom. The summed E-state index contributed by atoms with van der Waals surface area (Å²) >= 11 is 0. The van der Waals surface area contributed by atoms with Crippen LogP contribution in [-0.4, -0.2) is 15.0 Å². The molecule has 0 N–H and O–H groups in total. The van der Waals surface area contributed by atoms with Gasteiger partial charge in [-0.05, 0) is 111 Å². The molecule has 1 spiro atoms. The van der Waals surface area contributed by atoms with Crippen LogP contribution in [0.25, 0.3) is 78.3 Å². The third-order valence-electron chi connectivity index (χ3n) is 13.0. The number of pyridine rings is 1. The maximum absolute atomic E-state index is 7.07. The minimum Gasteiger partial charge on any atom is -0.456 e. The van der Waals surface area contributed by atoms with Crippen molar-refractivity contribution in [1.82, 2.24) is 15.0 Å². The Bertz CT molecular complexity index is 3430. The van der Waals surface area contributed by atoms with Crippen LogP contribution < -0.4 is 4.74 Å². The first kappa shape index (κ1) is 37.5. The monoisotopic (exact) mass is 819 g/mol. The lowest BCUT2D eigenvalue weighted by Crippen LogP contribution is -2.32. The van der Waals surface area contributed by atoms with E-state index in [1.807, 2.05) is 26.1 Å². The Balaban J connectivity index is 1.01. The standard InChI is InChI=1S/C60H41N3O/c1-38-28-29-47(37-61-38)45-18-10-16-43(35-45)44-17-11-19-46(36-44)48-21-12-25-53-57(48)49-20-6-7-23-51(49)60(53)52-24-8-9-27-56(52)64-58-50(22-13-26-54(58)60)59-62-39(2)34-55(63-59)42-32-30-41(31-33-42)40-14-4-3-5-15-40/h3-37H,1-2H3. The van der Waals surface area contributed by atoms with Crippen LogP contribution in [0.4, 0.5) is 0 Å². The van der Waals surface area contributed by atoms with E-state index in [9.17, 15) is 0 Å². The quantitative estimate of drug-likeness (QED) is 0.168. The molecule has 0 fully saturated rings. The van der Waals surface area contributed by atoms with Crippen molar-refractivity contribution in [2.24, 2.45) is 0 Å². The molecule has 4 heteroatoms. The Hall–Kier alpha value is -8.21. The van der Waals surface area contributed by atoms with Crippen molar-refractivity contribution in [2.45, 2.75) is 19.3 Å².